The molecule has 0 aliphatic heterocycles. The van der Waals surface area contributed by atoms with Gasteiger partial charge in [0.15, 0.2) is 17.6 Å². The molecule has 0 spiro atoms. The van der Waals surface area contributed by atoms with Gasteiger partial charge < -0.3 is 20.1 Å². The van der Waals surface area contributed by atoms with E-state index in [9.17, 15) is 4.79 Å². The van der Waals surface area contributed by atoms with Crippen LogP contribution in [0.4, 0.5) is 5.82 Å². The van der Waals surface area contributed by atoms with Gasteiger partial charge in [0, 0.05) is 6.42 Å². The van der Waals surface area contributed by atoms with Crippen molar-refractivity contribution in [2.45, 2.75) is 38.0 Å². The molecule has 3 N–H and O–H groups in total. The monoisotopic (exact) mass is 303 g/mol. The highest BCUT2D eigenvalue weighted by Crippen LogP contribution is 2.29. The van der Waals surface area contributed by atoms with Gasteiger partial charge in [0.1, 0.15) is 11.8 Å². The van der Waals surface area contributed by atoms with E-state index in [2.05, 4.69) is 15.0 Å². The van der Waals surface area contributed by atoms with Crippen molar-refractivity contribution in [1.82, 2.24) is 19.5 Å². The van der Waals surface area contributed by atoms with E-state index >= 15 is 0 Å². The number of ether oxygens (including phenoxy) is 1. The average Bonchev–Trinajstić information content (AvgIpc) is 3.11. The number of aliphatic carboxylic acids is 1. The third-order valence-corrected chi connectivity index (χ3v) is 3.75. The van der Waals surface area contributed by atoms with Crippen molar-refractivity contribution in [1.29, 1.82) is 0 Å². The van der Waals surface area contributed by atoms with E-state index < -0.39 is 12.1 Å². The van der Waals surface area contributed by atoms with Crippen LogP contribution < -0.4 is 5.73 Å². The van der Waals surface area contributed by atoms with Crippen molar-refractivity contribution >= 4 is 23.0 Å². The number of nitrogens with zero attached hydrogens (tertiary/aromatic N) is 4. The largest absolute Gasteiger partial charge is 0.479 e. The SMILES string of the molecule is CCC(O[C@H]1C=C[C@H](n2cnc3c(N)ncnc32)C1)C(=O)O. The Bertz CT molecular complexity index is 726. The number of carboxylic acid groups (broad SMARTS) is 1. The Kier molecular flexibility index (Phi) is 3.76. The first kappa shape index (κ1) is 14.5. The topological polar surface area (TPSA) is 116 Å². The number of carbonyl (C=O) groups is 1. The summed E-state index contributed by atoms with van der Waals surface area (Å²) in [5, 5.41) is 9.06. The van der Waals surface area contributed by atoms with E-state index in [0.29, 0.717) is 29.8 Å². The lowest BCUT2D eigenvalue weighted by Crippen LogP contribution is -2.27. The second-order valence-corrected chi connectivity index (χ2v) is 5.18. The summed E-state index contributed by atoms with van der Waals surface area (Å²) in [6, 6.07) is 0.00982. The molecule has 0 bridgehead atoms. The van der Waals surface area contributed by atoms with Crippen LogP contribution in [0, 0.1) is 0 Å². The first-order valence-corrected chi connectivity index (χ1v) is 7.09. The quantitative estimate of drug-likeness (QED) is 0.796. The number of aromatic nitrogens is 4. The maximum atomic E-state index is 11.0. The van der Waals surface area contributed by atoms with Gasteiger partial charge in [0.25, 0.3) is 0 Å². The van der Waals surface area contributed by atoms with Crippen LogP contribution in [0.15, 0.2) is 24.8 Å². The van der Waals surface area contributed by atoms with Crippen LogP contribution in [-0.2, 0) is 9.53 Å². The van der Waals surface area contributed by atoms with Crippen molar-refractivity contribution in [2.75, 3.05) is 5.73 Å². The summed E-state index contributed by atoms with van der Waals surface area (Å²) in [5.41, 5.74) is 7.00. The minimum atomic E-state index is -0.937. The Labute approximate surface area is 126 Å². The molecule has 8 nitrogen and oxygen atoms in total. The highest BCUT2D eigenvalue weighted by Gasteiger charge is 2.27. The second-order valence-electron chi connectivity index (χ2n) is 5.18. The lowest BCUT2D eigenvalue weighted by atomic mass is 10.2. The van der Waals surface area contributed by atoms with Crippen LogP contribution in [0.1, 0.15) is 25.8 Å². The van der Waals surface area contributed by atoms with Gasteiger partial charge in [0.05, 0.1) is 18.5 Å². The zero-order valence-corrected chi connectivity index (χ0v) is 12.1. The van der Waals surface area contributed by atoms with Crippen LogP contribution in [0.2, 0.25) is 0 Å². The maximum Gasteiger partial charge on any atom is 0.332 e. The Hall–Kier alpha value is -2.48. The van der Waals surface area contributed by atoms with Crippen LogP contribution in [0.5, 0.6) is 0 Å². The van der Waals surface area contributed by atoms with Crippen molar-refractivity contribution < 1.29 is 14.6 Å². The number of nitrogen functional groups attached to an aromatic ring is 1. The minimum Gasteiger partial charge on any atom is -0.479 e. The van der Waals surface area contributed by atoms with Gasteiger partial charge in [-0.1, -0.05) is 19.1 Å². The Morgan fingerprint density at radius 1 is 1.50 bits per heavy atom. The van der Waals surface area contributed by atoms with E-state index in [4.69, 9.17) is 15.6 Å². The summed E-state index contributed by atoms with van der Waals surface area (Å²) in [6.07, 6.45) is 6.97. The molecule has 1 unspecified atom stereocenters. The molecule has 22 heavy (non-hydrogen) atoms. The third kappa shape index (κ3) is 2.52. The predicted octanol–water partition coefficient (Wildman–Crippen LogP) is 1.16. The van der Waals surface area contributed by atoms with Crippen LogP contribution in [-0.4, -0.2) is 42.8 Å². The Balaban J connectivity index is 1.76. The molecule has 8 heteroatoms. The first-order chi connectivity index (χ1) is 10.6. The molecule has 116 valence electrons. The number of imidazole rings is 1. The molecule has 0 radical (unpaired) electrons. The molecule has 0 fully saturated rings. The number of carboxylic acids is 1. The van der Waals surface area contributed by atoms with E-state index in [-0.39, 0.29) is 12.1 Å². The van der Waals surface area contributed by atoms with Gasteiger partial charge in [0.2, 0.25) is 0 Å². The summed E-state index contributed by atoms with van der Waals surface area (Å²) in [6.45, 7) is 1.79. The molecule has 1 aliphatic carbocycles. The molecular formula is C14H17N5O3. The van der Waals surface area contributed by atoms with Gasteiger partial charge in [-0.3, -0.25) is 0 Å². The number of nitrogens with two attached hydrogens (primary N) is 1. The molecule has 0 saturated heterocycles. The fraction of sp³-hybridized carbons (Fsp3) is 0.429. The second kappa shape index (κ2) is 5.72. The maximum absolute atomic E-state index is 11.0. The first-order valence-electron chi connectivity index (χ1n) is 7.09. The molecule has 3 atom stereocenters. The summed E-state index contributed by atoms with van der Waals surface area (Å²) in [4.78, 5) is 23.4. The van der Waals surface area contributed by atoms with Crippen molar-refractivity contribution in [3.63, 3.8) is 0 Å². The van der Waals surface area contributed by atoms with E-state index in [1.165, 1.54) is 6.33 Å². The zero-order chi connectivity index (χ0) is 15.7. The van der Waals surface area contributed by atoms with Gasteiger partial charge >= 0.3 is 5.97 Å². The zero-order valence-electron chi connectivity index (χ0n) is 12.1. The molecule has 3 rings (SSSR count). The number of allylic oxidation sites excluding steroid dienone is 1. The normalized spacial score (nSPS) is 22.2. The molecule has 2 aromatic heterocycles. The fourth-order valence-electron chi connectivity index (χ4n) is 2.61. The number of fused-ring (bicyclic) bond motifs is 1. The number of hydrogen-bond acceptors (Lipinski definition) is 6. The number of anilines is 1. The van der Waals surface area contributed by atoms with E-state index in [0.717, 1.165) is 0 Å². The smallest absolute Gasteiger partial charge is 0.332 e. The lowest BCUT2D eigenvalue weighted by Gasteiger charge is -2.18. The molecular weight excluding hydrogens is 286 g/mol. The highest BCUT2D eigenvalue weighted by atomic mass is 16.5. The van der Waals surface area contributed by atoms with E-state index in [1.54, 1.807) is 13.3 Å². The van der Waals surface area contributed by atoms with Crippen LogP contribution in [0.25, 0.3) is 11.2 Å². The van der Waals surface area contributed by atoms with Crippen LogP contribution >= 0.6 is 0 Å². The Morgan fingerprint density at radius 3 is 3.05 bits per heavy atom. The summed E-state index contributed by atoms with van der Waals surface area (Å²) >= 11 is 0. The third-order valence-electron chi connectivity index (χ3n) is 3.75. The minimum absolute atomic E-state index is 0.00982. The summed E-state index contributed by atoms with van der Waals surface area (Å²) in [5.74, 6) is -0.594. The highest BCUT2D eigenvalue weighted by molar-refractivity contribution is 5.81. The summed E-state index contributed by atoms with van der Waals surface area (Å²) < 4.78 is 7.51. The van der Waals surface area contributed by atoms with Gasteiger partial charge in [-0.25, -0.2) is 19.7 Å². The van der Waals surface area contributed by atoms with Gasteiger partial charge in [-0.2, -0.15) is 0 Å². The van der Waals surface area contributed by atoms with Gasteiger partial charge in [-0.05, 0) is 6.42 Å². The number of rotatable bonds is 5. The summed E-state index contributed by atoms with van der Waals surface area (Å²) in [7, 11) is 0. The Morgan fingerprint density at radius 2 is 2.32 bits per heavy atom. The lowest BCUT2D eigenvalue weighted by molar-refractivity contribution is -0.153. The molecule has 0 aromatic carbocycles. The standard InChI is InChI=1S/C14H17N5O3/c1-2-10(14(20)21)22-9-4-3-8(5-9)19-7-18-11-12(15)16-6-17-13(11)19/h3-4,6-10H,2,5H2,1H3,(H,20,21)(H2,15,16,17)/t8-,9-,10?/m0/s1. The molecule has 2 aromatic rings. The predicted molar refractivity (Wildman–Crippen MR) is 79.1 cm³/mol. The molecule has 0 saturated carbocycles. The number of hydrogen-bond donors (Lipinski definition) is 2. The van der Waals surface area contributed by atoms with E-state index in [1.807, 2.05) is 16.7 Å². The van der Waals surface area contributed by atoms with Crippen molar-refractivity contribution in [2.24, 2.45) is 0 Å². The van der Waals surface area contributed by atoms with Crippen molar-refractivity contribution in [3.8, 4) is 0 Å². The molecule has 2 heterocycles. The van der Waals surface area contributed by atoms with Gasteiger partial charge in [-0.15, -0.1) is 0 Å². The fourth-order valence-corrected chi connectivity index (χ4v) is 2.61. The van der Waals surface area contributed by atoms with Crippen molar-refractivity contribution in [3.05, 3.63) is 24.8 Å². The molecule has 0 amide bonds. The molecule has 1 aliphatic rings. The average molecular weight is 303 g/mol. The van der Waals surface area contributed by atoms with Crippen LogP contribution in [0.3, 0.4) is 0 Å².